The molecule has 1 heterocycles. The predicted octanol–water partition coefficient (Wildman–Crippen LogP) is 1.88. The number of carbonyl (C=O) groups excluding carboxylic acids is 1. The molecule has 3 nitrogen and oxygen atoms in total. The summed E-state index contributed by atoms with van der Waals surface area (Å²) in [4.78, 5) is 11.6. The lowest BCUT2D eigenvalue weighted by Gasteiger charge is -2.41. The van der Waals surface area contributed by atoms with Crippen molar-refractivity contribution in [2.24, 2.45) is 17.3 Å². The maximum atomic E-state index is 11.6. The van der Waals surface area contributed by atoms with E-state index < -0.39 is 0 Å². The van der Waals surface area contributed by atoms with Gasteiger partial charge in [-0.3, -0.25) is 4.79 Å². The molecule has 3 fully saturated rings. The standard InChI is InChI=1S/C13H20O3/c1-12(2)10-4-3-9(14)8-7-13(8,10)6-5-11(15)16-12/h8-10,14H,3-7H2,1-2H3/t8-,9?,10+,13-/m0/s1. The first kappa shape index (κ1) is 10.6. The van der Waals surface area contributed by atoms with E-state index in [4.69, 9.17) is 4.74 Å². The highest BCUT2D eigenvalue weighted by molar-refractivity contribution is 5.70. The van der Waals surface area contributed by atoms with Crippen LogP contribution in [0.25, 0.3) is 0 Å². The Bertz CT molecular complexity index is 336. The summed E-state index contributed by atoms with van der Waals surface area (Å²) in [5, 5.41) is 9.96. The number of rotatable bonds is 0. The fraction of sp³-hybridized carbons (Fsp3) is 0.923. The minimum atomic E-state index is -0.345. The second kappa shape index (κ2) is 3.00. The Morgan fingerprint density at radius 3 is 2.88 bits per heavy atom. The summed E-state index contributed by atoms with van der Waals surface area (Å²) in [5.41, 5.74) is -0.129. The van der Waals surface area contributed by atoms with Crippen LogP contribution in [-0.2, 0) is 9.53 Å². The van der Waals surface area contributed by atoms with Crippen molar-refractivity contribution in [2.75, 3.05) is 0 Å². The number of hydrogen-bond donors (Lipinski definition) is 1. The largest absolute Gasteiger partial charge is 0.459 e. The van der Waals surface area contributed by atoms with Crippen LogP contribution < -0.4 is 0 Å². The van der Waals surface area contributed by atoms with Gasteiger partial charge in [-0.1, -0.05) is 0 Å². The third kappa shape index (κ3) is 1.27. The van der Waals surface area contributed by atoms with Gasteiger partial charge in [0.1, 0.15) is 5.60 Å². The van der Waals surface area contributed by atoms with Gasteiger partial charge < -0.3 is 9.84 Å². The lowest BCUT2D eigenvalue weighted by atomic mass is 9.68. The van der Waals surface area contributed by atoms with Crippen LogP contribution in [0.15, 0.2) is 0 Å². The van der Waals surface area contributed by atoms with Crippen LogP contribution >= 0.6 is 0 Å². The number of cyclic esters (lactones) is 1. The van der Waals surface area contributed by atoms with E-state index in [0.29, 0.717) is 18.3 Å². The molecule has 3 heteroatoms. The molecule has 0 bridgehead atoms. The molecule has 4 atom stereocenters. The quantitative estimate of drug-likeness (QED) is 0.639. The first-order valence-electron chi connectivity index (χ1n) is 6.36. The Hall–Kier alpha value is -0.570. The van der Waals surface area contributed by atoms with E-state index in [1.165, 1.54) is 0 Å². The Morgan fingerprint density at radius 1 is 1.38 bits per heavy atom. The summed E-state index contributed by atoms with van der Waals surface area (Å²) in [5.74, 6) is 0.814. The monoisotopic (exact) mass is 224 g/mol. The molecular weight excluding hydrogens is 204 g/mol. The molecule has 3 aliphatic rings. The first-order valence-corrected chi connectivity index (χ1v) is 6.36. The van der Waals surface area contributed by atoms with Crippen LogP contribution in [0.3, 0.4) is 0 Å². The van der Waals surface area contributed by atoms with E-state index in [9.17, 15) is 9.90 Å². The van der Waals surface area contributed by atoms with Crippen molar-refractivity contribution in [1.82, 2.24) is 0 Å². The molecule has 1 saturated heterocycles. The molecule has 2 aliphatic carbocycles. The molecule has 1 unspecified atom stereocenters. The van der Waals surface area contributed by atoms with Crippen molar-refractivity contribution in [2.45, 2.75) is 57.7 Å². The number of hydrogen-bond acceptors (Lipinski definition) is 3. The summed E-state index contributed by atoms with van der Waals surface area (Å²) in [6, 6.07) is 0. The average Bonchev–Trinajstić information content (AvgIpc) is 2.91. The summed E-state index contributed by atoms with van der Waals surface area (Å²) in [6.07, 6.45) is 4.28. The van der Waals surface area contributed by atoms with Crippen LogP contribution in [0.2, 0.25) is 0 Å². The Balaban J connectivity index is 1.94. The van der Waals surface area contributed by atoms with E-state index >= 15 is 0 Å². The van der Waals surface area contributed by atoms with Gasteiger partial charge >= 0.3 is 5.97 Å². The van der Waals surface area contributed by atoms with Crippen LogP contribution in [0, 0.1) is 17.3 Å². The zero-order chi connectivity index (χ0) is 11.6. The second-order valence-corrected chi connectivity index (χ2v) is 6.32. The van der Waals surface area contributed by atoms with Crippen molar-refractivity contribution in [3.63, 3.8) is 0 Å². The van der Waals surface area contributed by atoms with Gasteiger partial charge in [-0.15, -0.1) is 0 Å². The van der Waals surface area contributed by atoms with E-state index in [1.807, 2.05) is 13.8 Å². The number of carbonyl (C=O) groups is 1. The molecule has 0 aromatic carbocycles. The summed E-state index contributed by atoms with van der Waals surface area (Å²) in [7, 11) is 0. The molecule has 0 amide bonds. The maximum absolute atomic E-state index is 11.6. The van der Waals surface area contributed by atoms with E-state index in [2.05, 4.69) is 0 Å². The van der Waals surface area contributed by atoms with Gasteiger partial charge in [0.05, 0.1) is 6.10 Å². The smallest absolute Gasteiger partial charge is 0.306 e. The van der Waals surface area contributed by atoms with E-state index in [-0.39, 0.29) is 23.1 Å². The number of aliphatic hydroxyl groups excluding tert-OH is 1. The van der Waals surface area contributed by atoms with Crippen LogP contribution in [0.1, 0.15) is 46.0 Å². The Kier molecular flexibility index (Phi) is 1.99. The van der Waals surface area contributed by atoms with Gasteiger partial charge in [0, 0.05) is 12.3 Å². The van der Waals surface area contributed by atoms with Crippen molar-refractivity contribution in [3.8, 4) is 0 Å². The highest BCUT2D eigenvalue weighted by Crippen LogP contribution is 2.69. The molecule has 2 saturated carbocycles. The van der Waals surface area contributed by atoms with Crippen molar-refractivity contribution < 1.29 is 14.6 Å². The molecule has 90 valence electrons. The lowest BCUT2D eigenvalue weighted by Crippen LogP contribution is -2.43. The zero-order valence-corrected chi connectivity index (χ0v) is 10.0. The minimum Gasteiger partial charge on any atom is -0.459 e. The second-order valence-electron chi connectivity index (χ2n) is 6.32. The maximum Gasteiger partial charge on any atom is 0.306 e. The van der Waals surface area contributed by atoms with Gasteiger partial charge in [0.2, 0.25) is 0 Å². The molecular formula is C13H20O3. The van der Waals surface area contributed by atoms with Gasteiger partial charge in [-0.2, -0.15) is 0 Å². The molecule has 16 heavy (non-hydrogen) atoms. The topological polar surface area (TPSA) is 46.5 Å². The normalized spacial score (nSPS) is 49.7. The van der Waals surface area contributed by atoms with E-state index in [0.717, 1.165) is 25.7 Å². The third-order valence-electron chi connectivity index (χ3n) is 5.10. The van der Waals surface area contributed by atoms with Crippen molar-refractivity contribution >= 4 is 5.97 Å². The summed E-state index contributed by atoms with van der Waals surface area (Å²) in [6.45, 7) is 4.07. The van der Waals surface area contributed by atoms with Gasteiger partial charge in [-0.25, -0.2) is 0 Å². The Morgan fingerprint density at radius 2 is 2.12 bits per heavy atom. The van der Waals surface area contributed by atoms with Crippen molar-refractivity contribution in [3.05, 3.63) is 0 Å². The fourth-order valence-corrected chi connectivity index (χ4v) is 4.35. The van der Waals surface area contributed by atoms with E-state index in [1.54, 1.807) is 0 Å². The lowest BCUT2D eigenvalue weighted by molar-refractivity contribution is -0.161. The zero-order valence-electron chi connectivity index (χ0n) is 10.0. The predicted molar refractivity (Wildman–Crippen MR) is 58.7 cm³/mol. The average molecular weight is 224 g/mol. The van der Waals surface area contributed by atoms with Crippen LogP contribution in [0.5, 0.6) is 0 Å². The highest BCUT2D eigenvalue weighted by Gasteiger charge is 2.67. The highest BCUT2D eigenvalue weighted by atomic mass is 16.6. The van der Waals surface area contributed by atoms with Crippen LogP contribution in [0.4, 0.5) is 0 Å². The molecule has 0 radical (unpaired) electrons. The molecule has 1 N–H and O–H groups in total. The third-order valence-corrected chi connectivity index (χ3v) is 5.10. The Labute approximate surface area is 96.2 Å². The summed E-state index contributed by atoms with van der Waals surface area (Å²) >= 11 is 0. The molecule has 1 spiro atoms. The molecule has 0 aromatic rings. The van der Waals surface area contributed by atoms with Gasteiger partial charge in [0.25, 0.3) is 0 Å². The van der Waals surface area contributed by atoms with Crippen LogP contribution in [-0.4, -0.2) is 22.8 Å². The number of aliphatic hydroxyl groups is 1. The minimum absolute atomic E-state index is 0.0612. The fourth-order valence-electron chi connectivity index (χ4n) is 4.35. The molecule has 3 rings (SSSR count). The number of esters is 1. The first-order chi connectivity index (χ1) is 7.46. The SMILES string of the molecule is CC1(C)OC(=O)CC[C@]23C[C@H]2C(O)CC[C@H]13. The molecule has 0 aromatic heterocycles. The number of ether oxygens (including phenoxy) is 1. The van der Waals surface area contributed by atoms with Gasteiger partial charge in [-0.05, 0) is 50.9 Å². The van der Waals surface area contributed by atoms with Crippen molar-refractivity contribution in [1.29, 1.82) is 0 Å². The van der Waals surface area contributed by atoms with Gasteiger partial charge in [0.15, 0.2) is 0 Å². The summed E-state index contributed by atoms with van der Waals surface area (Å²) < 4.78 is 5.57. The molecule has 1 aliphatic heterocycles.